The Balaban J connectivity index is 4.72. The lowest BCUT2D eigenvalue weighted by Gasteiger charge is -2.34. The fraction of sp³-hybridized carbons (Fsp3) is 0.846. The van der Waals surface area contributed by atoms with Crippen LogP contribution in [0.2, 0.25) is 0 Å². The van der Waals surface area contributed by atoms with Gasteiger partial charge >= 0.3 is 12.0 Å². The van der Waals surface area contributed by atoms with Crippen LogP contribution in [0.25, 0.3) is 0 Å². The first-order chi connectivity index (χ1) is 8.84. The number of carbonyl (C=O) groups excluding carboxylic acids is 1. The molecule has 6 heteroatoms. The summed E-state index contributed by atoms with van der Waals surface area (Å²) in [5.41, 5.74) is 0. The number of carboxylic acid groups (broad SMARTS) is 1. The van der Waals surface area contributed by atoms with Crippen LogP contribution in [0.5, 0.6) is 0 Å². The molecule has 2 unspecified atom stereocenters. The summed E-state index contributed by atoms with van der Waals surface area (Å²) in [5.74, 6) is 0.0138. The van der Waals surface area contributed by atoms with Crippen molar-refractivity contribution in [3.05, 3.63) is 0 Å². The van der Waals surface area contributed by atoms with E-state index in [1.807, 2.05) is 27.0 Å². The highest BCUT2D eigenvalue weighted by atomic mass is 32.2. The third-order valence-corrected chi connectivity index (χ3v) is 4.02. The molecule has 2 amide bonds. The first-order valence-electron chi connectivity index (χ1n) is 6.59. The van der Waals surface area contributed by atoms with E-state index < -0.39 is 5.97 Å². The standard InChI is InChI=1S/C13H26N2O3S/c1-6-10(2)15(9-12(16)17)13(18)14(4)11(3)7-8-19-5/h10-11H,6-9H2,1-5H3,(H,16,17). The van der Waals surface area contributed by atoms with Gasteiger partial charge in [0.15, 0.2) is 0 Å². The zero-order chi connectivity index (χ0) is 15.0. The monoisotopic (exact) mass is 290 g/mol. The second kappa shape index (κ2) is 9.07. The minimum atomic E-state index is -0.973. The topological polar surface area (TPSA) is 60.9 Å². The molecule has 0 fully saturated rings. The van der Waals surface area contributed by atoms with E-state index in [0.717, 1.165) is 18.6 Å². The van der Waals surface area contributed by atoms with Crippen LogP contribution in [-0.2, 0) is 4.79 Å². The van der Waals surface area contributed by atoms with Crippen LogP contribution in [0, 0.1) is 0 Å². The molecule has 0 rings (SSSR count). The van der Waals surface area contributed by atoms with Crippen LogP contribution in [0.4, 0.5) is 4.79 Å². The molecule has 0 aromatic carbocycles. The van der Waals surface area contributed by atoms with Gasteiger partial charge in [0.25, 0.3) is 0 Å². The third-order valence-electron chi connectivity index (χ3n) is 3.38. The summed E-state index contributed by atoms with van der Waals surface area (Å²) in [7, 11) is 1.74. The van der Waals surface area contributed by atoms with Crippen molar-refractivity contribution in [2.75, 3.05) is 25.6 Å². The van der Waals surface area contributed by atoms with Crippen LogP contribution >= 0.6 is 11.8 Å². The number of hydrogen-bond acceptors (Lipinski definition) is 3. The Morgan fingerprint density at radius 2 is 1.84 bits per heavy atom. The molecule has 0 bridgehead atoms. The van der Waals surface area contributed by atoms with Crippen molar-refractivity contribution in [3.8, 4) is 0 Å². The maximum atomic E-state index is 12.4. The summed E-state index contributed by atoms with van der Waals surface area (Å²) in [6.07, 6.45) is 3.68. The lowest BCUT2D eigenvalue weighted by Crippen LogP contribution is -2.50. The smallest absolute Gasteiger partial charge is 0.323 e. The van der Waals surface area contributed by atoms with Crippen molar-refractivity contribution in [3.63, 3.8) is 0 Å². The normalized spacial score (nSPS) is 13.7. The first-order valence-corrected chi connectivity index (χ1v) is 7.98. The average molecular weight is 290 g/mol. The van der Waals surface area contributed by atoms with Gasteiger partial charge in [-0.2, -0.15) is 11.8 Å². The second-order valence-electron chi connectivity index (χ2n) is 4.80. The highest BCUT2D eigenvalue weighted by Crippen LogP contribution is 2.12. The van der Waals surface area contributed by atoms with Gasteiger partial charge in [0.2, 0.25) is 0 Å². The zero-order valence-corrected chi connectivity index (χ0v) is 13.4. The molecule has 0 saturated heterocycles. The highest BCUT2D eigenvalue weighted by Gasteiger charge is 2.26. The second-order valence-corrected chi connectivity index (χ2v) is 5.79. The van der Waals surface area contributed by atoms with Crippen LogP contribution < -0.4 is 0 Å². The summed E-state index contributed by atoms with van der Waals surface area (Å²) in [6, 6.07) is -0.163. The molecule has 0 aliphatic carbocycles. The van der Waals surface area contributed by atoms with Crippen LogP contribution in [0.1, 0.15) is 33.6 Å². The fourth-order valence-corrected chi connectivity index (χ4v) is 2.23. The summed E-state index contributed by atoms with van der Waals surface area (Å²) in [5, 5.41) is 8.92. The number of thioether (sulfide) groups is 1. The van der Waals surface area contributed by atoms with Crippen LogP contribution in [0.15, 0.2) is 0 Å². The van der Waals surface area contributed by atoms with E-state index in [1.54, 1.807) is 23.7 Å². The van der Waals surface area contributed by atoms with Crippen LogP contribution in [-0.4, -0.2) is 64.6 Å². The molecule has 2 atom stereocenters. The Labute approximate surface area is 120 Å². The molecule has 1 N–H and O–H groups in total. The molecule has 0 radical (unpaired) electrons. The van der Waals surface area contributed by atoms with Crippen molar-refractivity contribution in [1.29, 1.82) is 0 Å². The number of rotatable bonds is 8. The molecule has 0 spiro atoms. The molecular weight excluding hydrogens is 264 g/mol. The quantitative estimate of drug-likeness (QED) is 0.745. The zero-order valence-electron chi connectivity index (χ0n) is 12.5. The Morgan fingerprint density at radius 1 is 1.26 bits per heavy atom. The van der Waals surface area contributed by atoms with Gasteiger partial charge in [0, 0.05) is 19.1 Å². The summed E-state index contributed by atoms with van der Waals surface area (Å²) >= 11 is 1.74. The predicted molar refractivity (Wildman–Crippen MR) is 79.7 cm³/mol. The molecule has 5 nitrogen and oxygen atoms in total. The Bertz CT molecular complexity index is 300. The lowest BCUT2D eigenvalue weighted by molar-refractivity contribution is -0.138. The Kier molecular flexibility index (Phi) is 8.63. The first kappa shape index (κ1) is 18.1. The number of urea groups is 1. The fourth-order valence-electron chi connectivity index (χ4n) is 1.65. The summed E-state index contributed by atoms with van der Waals surface area (Å²) in [4.78, 5) is 26.3. The molecule has 112 valence electrons. The van der Waals surface area contributed by atoms with Crippen molar-refractivity contribution < 1.29 is 14.7 Å². The van der Waals surface area contributed by atoms with Crippen molar-refractivity contribution in [2.24, 2.45) is 0 Å². The van der Waals surface area contributed by atoms with Crippen molar-refractivity contribution in [2.45, 2.75) is 45.7 Å². The van der Waals surface area contributed by atoms with E-state index >= 15 is 0 Å². The minimum absolute atomic E-state index is 0.0706. The van der Waals surface area contributed by atoms with Gasteiger partial charge in [-0.3, -0.25) is 4.79 Å². The molecule has 0 heterocycles. The number of hydrogen-bond donors (Lipinski definition) is 1. The van der Waals surface area contributed by atoms with Gasteiger partial charge in [-0.05, 0) is 38.7 Å². The van der Waals surface area contributed by atoms with Gasteiger partial charge in [0.1, 0.15) is 6.54 Å². The van der Waals surface area contributed by atoms with Gasteiger partial charge in [-0.1, -0.05) is 6.92 Å². The van der Waals surface area contributed by atoms with Gasteiger partial charge in [0.05, 0.1) is 0 Å². The van der Waals surface area contributed by atoms with E-state index in [9.17, 15) is 9.59 Å². The molecule has 0 aliphatic heterocycles. The average Bonchev–Trinajstić information content (AvgIpc) is 2.39. The molecule has 0 aromatic heterocycles. The molecular formula is C13H26N2O3S. The van der Waals surface area contributed by atoms with E-state index in [1.165, 1.54) is 4.90 Å². The van der Waals surface area contributed by atoms with E-state index in [4.69, 9.17) is 5.11 Å². The number of amides is 2. The van der Waals surface area contributed by atoms with Crippen LogP contribution in [0.3, 0.4) is 0 Å². The van der Waals surface area contributed by atoms with Gasteiger partial charge in [-0.25, -0.2) is 4.79 Å². The Morgan fingerprint density at radius 3 is 2.26 bits per heavy atom. The maximum absolute atomic E-state index is 12.4. The highest BCUT2D eigenvalue weighted by molar-refractivity contribution is 7.98. The van der Waals surface area contributed by atoms with Gasteiger partial charge < -0.3 is 14.9 Å². The van der Waals surface area contributed by atoms with Crippen molar-refractivity contribution >= 4 is 23.8 Å². The lowest BCUT2D eigenvalue weighted by atomic mass is 10.2. The van der Waals surface area contributed by atoms with E-state index in [-0.39, 0.29) is 24.7 Å². The Hall–Kier alpha value is -0.910. The van der Waals surface area contributed by atoms with E-state index in [0.29, 0.717) is 0 Å². The molecule has 0 saturated carbocycles. The van der Waals surface area contributed by atoms with Crippen molar-refractivity contribution in [1.82, 2.24) is 9.80 Å². The number of aliphatic carboxylic acids is 1. The molecule has 0 aliphatic rings. The molecule has 19 heavy (non-hydrogen) atoms. The SMILES string of the molecule is CCC(C)N(CC(=O)O)C(=O)N(C)C(C)CCSC. The largest absolute Gasteiger partial charge is 0.480 e. The number of carbonyl (C=O) groups is 2. The summed E-state index contributed by atoms with van der Waals surface area (Å²) in [6.45, 7) is 5.57. The maximum Gasteiger partial charge on any atom is 0.323 e. The number of nitrogens with zero attached hydrogens (tertiary/aromatic N) is 2. The summed E-state index contributed by atoms with van der Waals surface area (Å²) < 4.78 is 0. The molecule has 0 aromatic rings. The predicted octanol–water partition coefficient (Wildman–Crippen LogP) is 2.36. The van der Waals surface area contributed by atoms with E-state index in [2.05, 4.69) is 0 Å². The minimum Gasteiger partial charge on any atom is -0.480 e. The number of carboxylic acids is 1. The third kappa shape index (κ3) is 6.18. The van der Waals surface area contributed by atoms with Gasteiger partial charge in [-0.15, -0.1) is 0 Å².